The lowest BCUT2D eigenvalue weighted by atomic mass is 10.2. The molecule has 0 spiro atoms. The smallest absolute Gasteiger partial charge is 0.247 e. The van der Waals surface area contributed by atoms with Gasteiger partial charge < -0.3 is 10.2 Å². The Hall–Kier alpha value is -0.370. The predicted molar refractivity (Wildman–Crippen MR) is 73.6 cm³/mol. The van der Waals surface area contributed by atoms with Crippen LogP contribution in [-0.4, -0.2) is 25.8 Å². The highest BCUT2D eigenvalue weighted by Gasteiger charge is 2.28. The van der Waals surface area contributed by atoms with Gasteiger partial charge in [-0.2, -0.15) is 4.31 Å². The third kappa shape index (κ3) is 3.34. The quantitative estimate of drug-likeness (QED) is 0.862. The first kappa shape index (κ1) is 15.7. The molecule has 0 aromatic carbocycles. The Kier molecular flexibility index (Phi) is 5.39. The minimum Gasteiger partial charge on any atom is -0.452 e. The molecule has 0 saturated heterocycles. The summed E-state index contributed by atoms with van der Waals surface area (Å²) in [7, 11) is -3.53. The lowest BCUT2D eigenvalue weighted by molar-refractivity contribution is 0.379. The molecule has 0 bridgehead atoms. The van der Waals surface area contributed by atoms with Crippen molar-refractivity contribution in [3.8, 4) is 0 Å². The van der Waals surface area contributed by atoms with Crippen LogP contribution in [-0.2, 0) is 16.6 Å². The Morgan fingerprint density at radius 3 is 2.50 bits per heavy atom. The molecule has 0 atom stereocenters. The fraction of sp³-hybridized carbons (Fsp3) is 0.636. The van der Waals surface area contributed by atoms with Crippen molar-refractivity contribution in [1.82, 2.24) is 4.31 Å². The molecule has 0 radical (unpaired) electrons. The number of hydrogen-bond acceptors (Lipinski definition) is 4. The summed E-state index contributed by atoms with van der Waals surface area (Å²) in [6, 6.07) is 1.47. The van der Waals surface area contributed by atoms with Gasteiger partial charge in [-0.05, 0) is 21.8 Å². The molecule has 1 heterocycles. The number of rotatable bonds is 6. The van der Waals surface area contributed by atoms with Crippen LogP contribution in [0.5, 0.6) is 0 Å². The molecule has 1 aromatic heterocycles. The van der Waals surface area contributed by atoms with E-state index in [1.807, 2.05) is 20.8 Å². The summed E-state index contributed by atoms with van der Waals surface area (Å²) in [5, 5.41) is 0. The maximum Gasteiger partial charge on any atom is 0.247 e. The number of nitrogens with zero attached hydrogens (tertiary/aromatic N) is 1. The molecule has 1 rings (SSSR count). The van der Waals surface area contributed by atoms with E-state index in [9.17, 15) is 8.42 Å². The van der Waals surface area contributed by atoms with Gasteiger partial charge in [-0.3, -0.25) is 0 Å². The molecule has 18 heavy (non-hydrogen) atoms. The molecule has 0 aliphatic rings. The van der Waals surface area contributed by atoms with Crippen LogP contribution >= 0.6 is 15.9 Å². The molecule has 0 fully saturated rings. The van der Waals surface area contributed by atoms with Crippen molar-refractivity contribution in [2.45, 2.75) is 32.2 Å². The van der Waals surface area contributed by atoms with E-state index in [0.29, 0.717) is 18.8 Å². The van der Waals surface area contributed by atoms with Crippen LogP contribution < -0.4 is 5.73 Å². The molecule has 7 heteroatoms. The van der Waals surface area contributed by atoms with Crippen LogP contribution in [0.15, 0.2) is 20.0 Å². The highest BCUT2D eigenvalue weighted by molar-refractivity contribution is 9.10. The van der Waals surface area contributed by atoms with E-state index in [1.165, 1.54) is 10.4 Å². The van der Waals surface area contributed by atoms with Crippen molar-refractivity contribution in [1.29, 1.82) is 0 Å². The van der Waals surface area contributed by atoms with Gasteiger partial charge >= 0.3 is 0 Å². The van der Waals surface area contributed by atoms with Crippen LogP contribution in [0.3, 0.4) is 0 Å². The number of nitrogens with two attached hydrogens (primary N) is 1. The van der Waals surface area contributed by atoms with E-state index in [2.05, 4.69) is 15.9 Å². The number of furan rings is 1. The van der Waals surface area contributed by atoms with E-state index >= 15 is 0 Å². The van der Waals surface area contributed by atoms with Gasteiger partial charge in [-0.25, -0.2) is 8.42 Å². The fourth-order valence-corrected chi connectivity index (χ4v) is 4.19. The Bertz CT molecular complexity index is 496. The molecular weight excluding hydrogens is 320 g/mol. The second kappa shape index (κ2) is 6.18. The van der Waals surface area contributed by atoms with Crippen molar-refractivity contribution in [3.63, 3.8) is 0 Å². The van der Waals surface area contributed by atoms with Crippen molar-refractivity contribution in [3.05, 3.63) is 16.5 Å². The molecule has 5 nitrogen and oxygen atoms in total. The Labute approximate surface area is 117 Å². The van der Waals surface area contributed by atoms with E-state index in [4.69, 9.17) is 10.2 Å². The average Bonchev–Trinajstić information content (AvgIpc) is 2.67. The van der Waals surface area contributed by atoms with E-state index in [0.717, 1.165) is 0 Å². The average molecular weight is 339 g/mol. The topological polar surface area (TPSA) is 76.5 Å². The van der Waals surface area contributed by atoms with Gasteiger partial charge in [0.05, 0.1) is 6.54 Å². The van der Waals surface area contributed by atoms with Crippen molar-refractivity contribution in [2.24, 2.45) is 11.7 Å². The fourth-order valence-electron chi connectivity index (χ4n) is 1.62. The Morgan fingerprint density at radius 1 is 1.50 bits per heavy atom. The summed E-state index contributed by atoms with van der Waals surface area (Å²) in [6.07, 6.45) is 0. The second-order valence-electron chi connectivity index (χ2n) is 4.40. The summed E-state index contributed by atoms with van der Waals surface area (Å²) in [6.45, 7) is 6.86. The maximum absolute atomic E-state index is 12.4. The van der Waals surface area contributed by atoms with Gasteiger partial charge in [0.25, 0.3) is 0 Å². The molecule has 0 unspecified atom stereocenters. The summed E-state index contributed by atoms with van der Waals surface area (Å²) in [5.74, 6) is 0.709. The predicted octanol–water partition coefficient (Wildman–Crippen LogP) is 2.17. The zero-order chi connectivity index (χ0) is 13.9. The van der Waals surface area contributed by atoms with Crippen LogP contribution in [0, 0.1) is 5.92 Å². The van der Waals surface area contributed by atoms with Crippen LogP contribution in [0.25, 0.3) is 0 Å². The van der Waals surface area contributed by atoms with Crippen molar-refractivity contribution >= 4 is 26.0 Å². The summed E-state index contributed by atoms with van der Waals surface area (Å²) in [4.78, 5) is 0.144. The molecule has 2 N–H and O–H groups in total. The van der Waals surface area contributed by atoms with E-state index in [-0.39, 0.29) is 22.0 Å². The number of halogens is 1. The molecular formula is C11H19BrN2O3S. The van der Waals surface area contributed by atoms with Crippen molar-refractivity contribution in [2.75, 3.05) is 13.1 Å². The van der Waals surface area contributed by atoms with E-state index < -0.39 is 10.0 Å². The molecule has 0 amide bonds. The summed E-state index contributed by atoms with van der Waals surface area (Å²) in [5.41, 5.74) is 5.44. The lowest BCUT2D eigenvalue weighted by Gasteiger charge is -2.21. The monoisotopic (exact) mass is 338 g/mol. The third-order valence-corrected chi connectivity index (χ3v) is 5.24. The summed E-state index contributed by atoms with van der Waals surface area (Å²) >= 11 is 3.13. The first-order chi connectivity index (χ1) is 8.32. The van der Waals surface area contributed by atoms with E-state index in [1.54, 1.807) is 0 Å². The maximum atomic E-state index is 12.4. The zero-order valence-electron chi connectivity index (χ0n) is 10.8. The number of sulfonamides is 1. The first-order valence-corrected chi connectivity index (χ1v) is 8.04. The van der Waals surface area contributed by atoms with Crippen molar-refractivity contribution < 1.29 is 12.8 Å². The molecule has 1 aromatic rings. The zero-order valence-corrected chi connectivity index (χ0v) is 13.2. The molecule has 0 aliphatic carbocycles. The van der Waals surface area contributed by atoms with Gasteiger partial charge in [0.15, 0.2) is 4.67 Å². The third-order valence-electron chi connectivity index (χ3n) is 2.45. The molecule has 0 aliphatic heterocycles. The van der Waals surface area contributed by atoms with Gasteiger partial charge in [0, 0.05) is 19.2 Å². The first-order valence-electron chi connectivity index (χ1n) is 5.81. The minimum atomic E-state index is -3.53. The second-order valence-corrected chi connectivity index (χ2v) is 7.03. The van der Waals surface area contributed by atoms with Crippen LogP contribution in [0.4, 0.5) is 0 Å². The number of hydrogen-bond donors (Lipinski definition) is 1. The van der Waals surface area contributed by atoms with Gasteiger partial charge in [0.1, 0.15) is 10.7 Å². The SMILES string of the molecule is CCN(CC(C)C)S(=O)(=O)c1cc(CN)oc1Br. The minimum absolute atomic E-state index is 0.144. The molecule has 0 saturated carbocycles. The Balaban J connectivity index is 3.14. The highest BCUT2D eigenvalue weighted by Crippen LogP contribution is 2.28. The normalized spacial score (nSPS) is 12.6. The van der Waals surface area contributed by atoms with Crippen LogP contribution in [0.2, 0.25) is 0 Å². The van der Waals surface area contributed by atoms with Gasteiger partial charge in [-0.1, -0.05) is 20.8 Å². The van der Waals surface area contributed by atoms with Gasteiger partial charge in [0.2, 0.25) is 10.0 Å². The highest BCUT2D eigenvalue weighted by atomic mass is 79.9. The lowest BCUT2D eigenvalue weighted by Crippen LogP contribution is -2.34. The summed E-state index contributed by atoms with van der Waals surface area (Å²) < 4.78 is 31.8. The standard InChI is InChI=1S/C11H19BrN2O3S/c1-4-14(7-8(2)3)18(15,16)10-5-9(6-13)17-11(10)12/h5,8H,4,6-7,13H2,1-3H3. The largest absolute Gasteiger partial charge is 0.452 e. The van der Waals surface area contributed by atoms with Crippen LogP contribution in [0.1, 0.15) is 26.5 Å². The Morgan fingerprint density at radius 2 is 2.11 bits per heavy atom. The van der Waals surface area contributed by atoms with Gasteiger partial charge in [-0.15, -0.1) is 0 Å². The molecule has 104 valence electrons.